The Morgan fingerprint density at radius 1 is 1.00 bits per heavy atom. The Morgan fingerprint density at radius 2 is 1.62 bits per heavy atom. The van der Waals surface area contributed by atoms with Crippen LogP contribution in [0.2, 0.25) is 0 Å². The molecule has 0 spiro atoms. The number of anilines is 1. The van der Waals surface area contributed by atoms with E-state index in [1.54, 1.807) is 12.1 Å². The van der Waals surface area contributed by atoms with E-state index in [0.717, 1.165) is 12.1 Å². The number of urea groups is 1. The monoisotopic (exact) mass is 447 g/mol. The van der Waals surface area contributed by atoms with Gasteiger partial charge in [0.05, 0.1) is 4.92 Å². The molecule has 4 amide bonds. The van der Waals surface area contributed by atoms with Gasteiger partial charge in [0.2, 0.25) is 0 Å². The van der Waals surface area contributed by atoms with Gasteiger partial charge in [-0.3, -0.25) is 35.2 Å². The second-order valence-electron chi connectivity index (χ2n) is 7.91. The van der Waals surface area contributed by atoms with E-state index in [1.165, 1.54) is 12.1 Å². The lowest BCUT2D eigenvalue weighted by Gasteiger charge is -2.47. The van der Waals surface area contributed by atoms with Gasteiger partial charge in [0.1, 0.15) is 0 Å². The first-order valence-corrected chi connectivity index (χ1v) is 10.9. The normalized spacial score (nSPS) is 18.9. The summed E-state index contributed by atoms with van der Waals surface area (Å²) in [6, 6.07) is 5.50. The fourth-order valence-electron chi connectivity index (χ4n) is 4.18. The Bertz CT molecular complexity index is 831. The lowest BCUT2D eigenvalue weighted by molar-refractivity contribution is -0.384. The third-order valence-corrected chi connectivity index (χ3v) is 5.88. The number of benzene rings is 1. The first kappa shape index (κ1) is 23.6. The van der Waals surface area contributed by atoms with Gasteiger partial charge in [-0.05, 0) is 37.8 Å². The van der Waals surface area contributed by atoms with Crippen molar-refractivity contribution in [2.75, 3.05) is 44.3 Å². The zero-order valence-corrected chi connectivity index (χ0v) is 18.2. The molecule has 11 nitrogen and oxygen atoms in total. The van der Waals surface area contributed by atoms with Crippen LogP contribution >= 0.6 is 0 Å². The maximum Gasteiger partial charge on any atom is 0.328 e. The highest BCUT2D eigenvalue weighted by atomic mass is 16.6. The minimum Gasteiger partial charge on any atom is -0.381 e. The quantitative estimate of drug-likeness (QED) is 0.238. The molecule has 0 unspecified atom stereocenters. The number of carbonyl (C=O) groups excluding carboxylic acids is 3. The molecule has 0 aromatic heterocycles. The van der Waals surface area contributed by atoms with Crippen LogP contribution < -0.4 is 15.5 Å². The van der Waals surface area contributed by atoms with Crippen molar-refractivity contribution in [2.24, 2.45) is 0 Å². The number of barbiturate groups is 1. The Balaban J connectivity index is 1.68. The van der Waals surface area contributed by atoms with Crippen molar-refractivity contribution in [3.05, 3.63) is 34.4 Å². The first-order chi connectivity index (χ1) is 15.4. The Hall–Kier alpha value is -3.05. The van der Waals surface area contributed by atoms with Gasteiger partial charge in [0.25, 0.3) is 17.5 Å². The van der Waals surface area contributed by atoms with E-state index in [4.69, 9.17) is 4.74 Å². The number of hydrogen-bond donors (Lipinski definition) is 2. The highest BCUT2D eigenvalue weighted by molar-refractivity contribution is 6.22. The van der Waals surface area contributed by atoms with E-state index in [2.05, 4.69) is 15.5 Å². The van der Waals surface area contributed by atoms with Gasteiger partial charge >= 0.3 is 6.03 Å². The number of nitro groups is 1. The molecule has 1 aromatic rings. The second kappa shape index (κ2) is 10.5. The minimum absolute atomic E-state index is 0.0227. The van der Waals surface area contributed by atoms with Crippen molar-refractivity contribution in [3.63, 3.8) is 0 Å². The summed E-state index contributed by atoms with van der Waals surface area (Å²) in [4.78, 5) is 51.8. The molecular formula is C21H29N5O6. The summed E-state index contributed by atoms with van der Waals surface area (Å²) in [5, 5.41) is 15.4. The molecule has 1 aromatic carbocycles. The lowest BCUT2D eigenvalue weighted by atomic mass is 9.86. The molecule has 0 saturated carbocycles. The van der Waals surface area contributed by atoms with E-state index in [0.29, 0.717) is 52.2 Å². The highest BCUT2D eigenvalue weighted by Gasteiger charge is 2.54. The molecule has 2 saturated heterocycles. The lowest BCUT2D eigenvalue weighted by Crippen LogP contribution is -2.75. The van der Waals surface area contributed by atoms with Crippen molar-refractivity contribution in [3.8, 4) is 0 Å². The van der Waals surface area contributed by atoms with Gasteiger partial charge in [-0.15, -0.1) is 0 Å². The van der Waals surface area contributed by atoms with E-state index < -0.39 is 28.3 Å². The van der Waals surface area contributed by atoms with E-state index >= 15 is 0 Å². The first-order valence-electron chi connectivity index (χ1n) is 10.9. The van der Waals surface area contributed by atoms with Crippen LogP contribution in [0.5, 0.6) is 0 Å². The molecule has 11 heteroatoms. The summed E-state index contributed by atoms with van der Waals surface area (Å²) < 4.78 is 5.49. The molecule has 2 N–H and O–H groups in total. The predicted molar refractivity (Wildman–Crippen MR) is 116 cm³/mol. The summed E-state index contributed by atoms with van der Waals surface area (Å²) in [5.41, 5.74) is -0.584. The maximum absolute atomic E-state index is 12.9. The molecule has 2 fully saturated rings. The number of imide groups is 2. The average Bonchev–Trinajstić information content (AvgIpc) is 2.78. The van der Waals surface area contributed by atoms with Gasteiger partial charge in [0, 0.05) is 57.2 Å². The topological polar surface area (TPSA) is 134 Å². The highest BCUT2D eigenvalue weighted by Crippen LogP contribution is 2.29. The molecule has 0 atom stereocenters. The molecule has 32 heavy (non-hydrogen) atoms. The molecule has 174 valence electrons. The number of piperazine rings is 1. The van der Waals surface area contributed by atoms with E-state index in [9.17, 15) is 24.5 Å². The summed E-state index contributed by atoms with van der Waals surface area (Å²) >= 11 is 0. The number of nitrogens with zero attached hydrogens (tertiary/aromatic N) is 3. The Labute approximate surface area is 186 Å². The van der Waals surface area contributed by atoms with Gasteiger partial charge < -0.3 is 9.64 Å². The summed E-state index contributed by atoms with van der Waals surface area (Å²) in [7, 11) is 0. The van der Waals surface area contributed by atoms with Gasteiger partial charge in [0.15, 0.2) is 5.54 Å². The minimum atomic E-state index is -1.44. The number of rotatable bonds is 10. The zero-order chi connectivity index (χ0) is 23.1. The maximum atomic E-state index is 12.9. The molecular weight excluding hydrogens is 418 g/mol. The van der Waals surface area contributed by atoms with Gasteiger partial charge in [-0.25, -0.2) is 4.79 Å². The smallest absolute Gasteiger partial charge is 0.328 e. The van der Waals surface area contributed by atoms with Crippen molar-refractivity contribution >= 4 is 29.2 Å². The van der Waals surface area contributed by atoms with Crippen molar-refractivity contribution < 1.29 is 24.0 Å². The Morgan fingerprint density at radius 3 is 2.19 bits per heavy atom. The Kier molecular flexibility index (Phi) is 7.75. The number of amides is 4. The molecule has 2 aliphatic rings. The number of non-ortho nitro benzene ring substituents is 1. The largest absolute Gasteiger partial charge is 0.381 e. The number of hydrogen-bond acceptors (Lipinski definition) is 8. The average molecular weight is 447 g/mol. The van der Waals surface area contributed by atoms with Gasteiger partial charge in [-0.2, -0.15) is 0 Å². The van der Waals surface area contributed by atoms with Crippen LogP contribution in [-0.4, -0.2) is 72.6 Å². The van der Waals surface area contributed by atoms with Crippen LogP contribution in [-0.2, 0) is 14.3 Å². The summed E-state index contributed by atoms with van der Waals surface area (Å²) in [6.07, 6.45) is 2.52. The standard InChI is InChI=1S/C21H29N5O6/c1-2-14-32-15-4-3-9-21(18(27)22-20(29)23-19(21)28)25-12-10-24(11-13-25)16-5-7-17(8-6-16)26(30)31/h5-8H,2-4,9-15H2,1H3,(H2,22,23,27,28,29). The molecule has 0 bridgehead atoms. The van der Waals surface area contributed by atoms with Crippen LogP contribution in [0.3, 0.4) is 0 Å². The van der Waals surface area contributed by atoms with Gasteiger partial charge in [-0.1, -0.05) is 6.92 Å². The van der Waals surface area contributed by atoms with Crippen molar-refractivity contribution in [2.45, 2.75) is 38.1 Å². The predicted octanol–water partition coefficient (Wildman–Crippen LogP) is 1.42. The van der Waals surface area contributed by atoms with E-state index in [1.807, 2.05) is 11.8 Å². The fraction of sp³-hybridized carbons (Fsp3) is 0.571. The zero-order valence-electron chi connectivity index (χ0n) is 18.2. The second-order valence-corrected chi connectivity index (χ2v) is 7.91. The SMILES string of the molecule is CCCOCCCCC1(N2CCN(c3ccc([N+](=O)[O-])cc3)CC2)C(=O)NC(=O)NC1=O. The third-order valence-electron chi connectivity index (χ3n) is 5.88. The third kappa shape index (κ3) is 5.05. The van der Waals surface area contributed by atoms with Crippen LogP contribution in [0.15, 0.2) is 24.3 Å². The van der Waals surface area contributed by atoms with Crippen LogP contribution in [0.25, 0.3) is 0 Å². The molecule has 2 aliphatic heterocycles. The number of ether oxygens (including phenoxy) is 1. The molecule has 0 radical (unpaired) electrons. The number of nitro benzene ring substituents is 1. The van der Waals surface area contributed by atoms with Crippen molar-refractivity contribution in [1.82, 2.24) is 15.5 Å². The molecule has 3 rings (SSSR count). The number of carbonyl (C=O) groups is 3. The van der Waals surface area contributed by atoms with E-state index in [-0.39, 0.29) is 12.1 Å². The fourth-order valence-corrected chi connectivity index (χ4v) is 4.18. The van der Waals surface area contributed by atoms with Crippen LogP contribution in [0.4, 0.5) is 16.2 Å². The summed E-state index contributed by atoms with van der Waals surface area (Å²) in [6.45, 7) is 5.18. The van der Waals surface area contributed by atoms with Crippen LogP contribution in [0, 0.1) is 10.1 Å². The number of unbranched alkanes of at least 4 members (excludes halogenated alkanes) is 1. The molecule has 2 heterocycles. The summed E-state index contributed by atoms with van der Waals surface area (Å²) in [5.74, 6) is -1.19. The van der Waals surface area contributed by atoms with Crippen molar-refractivity contribution in [1.29, 1.82) is 0 Å². The number of nitrogens with one attached hydrogen (secondary N) is 2. The van der Waals surface area contributed by atoms with Crippen LogP contribution in [0.1, 0.15) is 32.6 Å². The molecule has 0 aliphatic carbocycles.